The van der Waals surface area contributed by atoms with Crippen molar-refractivity contribution >= 4 is 39.2 Å². The average molecular weight is 535 g/mol. The van der Waals surface area contributed by atoms with Gasteiger partial charge >= 0.3 is 0 Å². The van der Waals surface area contributed by atoms with Crippen molar-refractivity contribution in [1.82, 2.24) is 23.9 Å². The zero-order valence-electron chi connectivity index (χ0n) is 21.8. The van der Waals surface area contributed by atoms with Crippen LogP contribution in [0.1, 0.15) is 51.1 Å². The van der Waals surface area contributed by atoms with E-state index < -0.39 is 10.0 Å². The van der Waals surface area contributed by atoms with E-state index in [0.29, 0.717) is 41.9 Å². The molecule has 0 spiro atoms. The van der Waals surface area contributed by atoms with Crippen molar-refractivity contribution < 1.29 is 17.9 Å². The van der Waals surface area contributed by atoms with Crippen molar-refractivity contribution in [2.24, 2.45) is 0 Å². The molecule has 1 N–H and O–H groups in total. The van der Waals surface area contributed by atoms with E-state index >= 15 is 0 Å². The van der Waals surface area contributed by atoms with Gasteiger partial charge in [0.15, 0.2) is 0 Å². The van der Waals surface area contributed by atoms with Crippen LogP contribution in [0.15, 0.2) is 28.3 Å². The van der Waals surface area contributed by atoms with Gasteiger partial charge in [-0.05, 0) is 64.1 Å². The number of thioether (sulfide) groups is 1. The highest BCUT2D eigenvalue weighted by Crippen LogP contribution is 2.30. The summed E-state index contributed by atoms with van der Waals surface area (Å²) in [7, 11) is -3.69. The highest BCUT2D eigenvalue weighted by atomic mass is 32.2. The maximum absolute atomic E-state index is 13.0. The van der Waals surface area contributed by atoms with Gasteiger partial charge in [-0.15, -0.1) is 5.10 Å². The smallest absolute Gasteiger partial charge is 0.253 e. The largest absolute Gasteiger partial charge is 0.489 e. The lowest BCUT2D eigenvalue weighted by Crippen LogP contribution is -2.30. The Kier molecular flexibility index (Phi) is 8.96. The zero-order valence-corrected chi connectivity index (χ0v) is 23.5. The number of amides is 1. The molecule has 10 nitrogen and oxygen atoms in total. The van der Waals surface area contributed by atoms with Crippen molar-refractivity contribution in [2.75, 3.05) is 24.7 Å². The van der Waals surface area contributed by atoms with Crippen LogP contribution in [0, 0.1) is 13.8 Å². The lowest BCUT2D eigenvalue weighted by atomic mass is 10.1. The molecule has 0 unspecified atom stereocenters. The molecule has 0 radical (unpaired) electrons. The van der Waals surface area contributed by atoms with E-state index in [1.807, 2.05) is 34.0 Å². The molecule has 3 aromatic rings. The van der Waals surface area contributed by atoms with Crippen LogP contribution < -0.4 is 10.1 Å². The highest BCUT2D eigenvalue weighted by molar-refractivity contribution is 7.98. The Hall–Kier alpha value is -2.70. The van der Waals surface area contributed by atoms with E-state index in [4.69, 9.17) is 4.74 Å². The Morgan fingerprint density at radius 2 is 1.89 bits per heavy atom. The van der Waals surface area contributed by atoms with Gasteiger partial charge in [0.05, 0.1) is 16.7 Å². The highest BCUT2D eigenvalue weighted by Gasteiger charge is 2.24. The fourth-order valence-corrected chi connectivity index (χ4v) is 5.75. The number of aromatic nitrogens is 4. The summed E-state index contributed by atoms with van der Waals surface area (Å²) in [4.78, 5) is 22.0. The molecule has 196 valence electrons. The van der Waals surface area contributed by atoms with Gasteiger partial charge in [0.2, 0.25) is 21.1 Å². The Morgan fingerprint density at radius 1 is 1.19 bits per heavy atom. The third-order valence-corrected chi connectivity index (χ3v) is 8.33. The summed E-state index contributed by atoms with van der Waals surface area (Å²) in [5.41, 5.74) is 2.93. The summed E-state index contributed by atoms with van der Waals surface area (Å²) >= 11 is 1.44. The SMILES string of the molecule is CCN(CC)S(=O)(=O)c1ccc(OC(C)C)c(NC(=O)CCc2c(C)nc3nc(SC)nn3c2C)c1. The number of carbonyl (C=O) groups is 1. The van der Waals surface area contributed by atoms with Crippen LogP contribution >= 0.6 is 11.8 Å². The van der Waals surface area contributed by atoms with E-state index in [2.05, 4.69) is 20.4 Å². The fraction of sp³-hybridized carbons (Fsp3) is 0.500. The third kappa shape index (κ3) is 5.98. The molecule has 0 fully saturated rings. The lowest BCUT2D eigenvalue weighted by molar-refractivity contribution is -0.116. The van der Waals surface area contributed by atoms with Gasteiger partial charge in [0, 0.05) is 30.9 Å². The lowest BCUT2D eigenvalue weighted by Gasteiger charge is -2.20. The van der Waals surface area contributed by atoms with Gasteiger partial charge in [-0.25, -0.2) is 17.9 Å². The van der Waals surface area contributed by atoms with Gasteiger partial charge < -0.3 is 10.1 Å². The number of benzene rings is 1. The number of carbonyl (C=O) groups excluding carboxylic acids is 1. The predicted octanol–water partition coefficient (Wildman–Crippen LogP) is 3.85. The number of hydrogen-bond acceptors (Lipinski definition) is 8. The topological polar surface area (TPSA) is 119 Å². The Balaban J connectivity index is 1.85. The normalized spacial score (nSPS) is 12.0. The summed E-state index contributed by atoms with van der Waals surface area (Å²) in [6.45, 7) is 11.8. The molecule has 2 heterocycles. The molecule has 0 atom stereocenters. The van der Waals surface area contributed by atoms with Crippen LogP contribution in [-0.4, -0.2) is 63.7 Å². The van der Waals surface area contributed by atoms with Crippen molar-refractivity contribution in [1.29, 1.82) is 0 Å². The van der Waals surface area contributed by atoms with E-state index in [9.17, 15) is 13.2 Å². The van der Waals surface area contributed by atoms with Gasteiger partial charge in [-0.1, -0.05) is 25.6 Å². The molecule has 0 aliphatic rings. The first-order valence-electron chi connectivity index (χ1n) is 11.9. The number of nitrogens with one attached hydrogen (secondary N) is 1. The summed E-state index contributed by atoms with van der Waals surface area (Å²) in [5.74, 6) is 0.687. The van der Waals surface area contributed by atoms with Crippen LogP contribution in [0.5, 0.6) is 5.75 Å². The second-order valence-electron chi connectivity index (χ2n) is 8.53. The van der Waals surface area contributed by atoms with Crippen LogP contribution in [0.2, 0.25) is 0 Å². The van der Waals surface area contributed by atoms with E-state index in [0.717, 1.165) is 17.0 Å². The maximum Gasteiger partial charge on any atom is 0.253 e. The second-order valence-corrected chi connectivity index (χ2v) is 11.2. The monoisotopic (exact) mass is 534 g/mol. The number of ether oxygens (including phenoxy) is 1. The minimum Gasteiger partial charge on any atom is -0.489 e. The number of nitrogens with zero attached hydrogens (tertiary/aromatic N) is 5. The summed E-state index contributed by atoms with van der Waals surface area (Å²) < 4.78 is 35.0. The molecule has 0 aliphatic heterocycles. The van der Waals surface area contributed by atoms with Crippen molar-refractivity contribution in [3.63, 3.8) is 0 Å². The molecule has 0 bridgehead atoms. The first kappa shape index (κ1) is 27.9. The number of anilines is 1. The minimum absolute atomic E-state index is 0.106. The van der Waals surface area contributed by atoms with Crippen LogP contribution in [0.4, 0.5) is 5.69 Å². The Bertz CT molecular complexity index is 1350. The van der Waals surface area contributed by atoms with Crippen molar-refractivity contribution in [2.45, 2.75) is 70.5 Å². The average Bonchev–Trinajstić information content (AvgIpc) is 3.23. The first-order valence-corrected chi connectivity index (χ1v) is 14.6. The fourth-order valence-electron chi connectivity index (χ4n) is 3.93. The van der Waals surface area contributed by atoms with Crippen LogP contribution in [-0.2, 0) is 21.2 Å². The Morgan fingerprint density at radius 3 is 2.50 bits per heavy atom. The summed E-state index contributed by atoms with van der Waals surface area (Å²) in [6.07, 6.45) is 2.37. The molecule has 1 aromatic carbocycles. The molecule has 2 aromatic heterocycles. The standard InChI is InChI=1S/C24H34N6O4S2/c1-8-29(9-2)36(32,33)18-10-12-21(34-15(3)4)20(14-18)26-22(31)13-11-19-16(5)25-23-27-24(35-7)28-30(23)17(19)6/h10,12,14-15H,8-9,11,13H2,1-7H3,(H,26,31). The third-order valence-electron chi connectivity index (χ3n) is 5.75. The van der Waals surface area contributed by atoms with Crippen molar-refractivity contribution in [3.05, 3.63) is 35.2 Å². The van der Waals surface area contributed by atoms with Gasteiger partial charge in [0.25, 0.3) is 5.78 Å². The number of hydrogen-bond donors (Lipinski definition) is 1. The first-order chi connectivity index (χ1) is 17.0. The number of sulfonamides is 1. The molecule has 36 heavy (non-hydrogen) atoms. The number of aryl methyl sites for hydroxylation is 2. The molecule has 0 aliphatic carbocycles. The maximum atomic E-state index is 13.0. The quantitative estimate of drug-likeness (QED) is 0.369. The molecule has 0 saturated carbocycles. The predicted molar refractivity (Wildman–Crippen MR) is 141 cm³/mol. The van der Waals surface area contributed by atoms with Crippen LogP contribution in [0.3, 0.4) is 0 Å². The van der Waals surface area contributed by atoms with E-state index in [1.54, 1.807) is 24.4 Å². The molecular formula is C24H34N6O4S2. The van der Waals surface area contributed by atoms with E-state index in [1.165, 1.54) is 28.2 Å². The minimum atomic E-state index is -3.69. The van der Waals surface area contributed by atoms with Gasteiger partial charge in [0.1, 0.15) is 5.75 Å². The van der Waals surface area contributed by atoms with Gasteiger partial charge in [-0.3, -0.25) is 4.79 Å². The summed E-state index contributed by atoms with van der Waals surface area (Å²) in [6, 6.07) is 4.56. The number of fused-ring (bicyclic) bond motifs is 1. The second kappa shape index (κ2) is 11.6. The molecular weight excluding hydrogens is 500 g/mol. The molecule has 1 amide bonds. The Labute approximate surface area is 216 Å². The van der Waals surface area contributed by atoms with E-state index in [-0.39, 0.29) is 23.3 Å². The van der Waals surface area contributed by atoms with Crippen LogP contribution in [0.25, 0.3) is 5.78 Å². The number of rotatable bonds is 11. The molecule has 3 rings (SSSR count). The molecule has 0 saturated heterocycles. The summed E-state index contributed by atoms with van der Waals surface area (Å²) in [5, 5.41) is 7.95. The zero-order chi connectivity index (χ0) is 26.6. The molecule has 12 heteroatoms. The van der Waals surface area contributed by atoms with Gasteiger partial charge in [-0.2, -0.15) is 9.29 Å². The van der Waals surface area contributed by atoms with Crippen molar-refractivity contribution in [3.8, 4) is 5.75 Å².